The first-order valence-electron chi connectivity index (χ1n) is 2.38. The molecule has 0 unspecified atom stereocenters. The highest BCUT2D eigenvalue weighted by molar-refractivity contribution is 7.83. The second-order valence-electron chi connectivity index (χ2n) is 1.49. The molecule has 0 aliphatic carbocycles. The maximum Gasteiger partial charge on any atom is 0.330 e. The number of hydrogen-bond acceptors (Lipinski definition) is 4. The van der Waals surface area contributed by atoms with Crippen molar-refractivity contribution in [3.8, 4) is 0 Å². The van der Waals surface area contributed by atoms with E-state index in [-0.39, 0.29) is 0 Å². The van der Waals surface area contributed by atoms with Gasteiger partial charge in [0.15, 0.2) is 0 Å². The maximum absolute atomic E-state index is 10.4. The summed E-state index contributed by atoms with van der Waals surface area (Å²) in [4.78, 5) is 14.2. The first-order valence-corrected chi connectivity index (χ1v) is 3.66. The average molecular weight is 175 g/mol. The number of amides is 2. The molecule has 0 aromatic carbocycles. The summed E-state index contributed by atoms with van der Waals surface area (Å²) in [5, 5.41) is 0.621. The number of carbonyl (C=O) groups excluding carboxylic acids is 1. The van der Waals surface area contributed by atoms with Crippen molar-refractivity contribution < 1.29 is 4.79 Å². The fraction of sp³-hybridized carbons (Fsp3) is 0. The molecule has 1 heterocycles. The van der Waals surface area contributed by atoms with Crippen LogP contribution in [-0.4, -0.2) is 11.0 Å². The monoisotopic (exact) mass is 175 g/mol. The van der Waals surface area contributed by atoms with E-state index in [9.17, 15) is 4.79 Å². The molecule has 1 aromatic rings. The van der Waals surface area contributed by atoms with Gasteiger partial charge in [-0.1, -0.05) is 12.8 Å². The number of nitrogens with zero attached hydrogens (tertiary/aromatic N) is 2. The van der Waals surface area contributed by atoms with Crippen LogP contribution < -0.4 is 10.0 Å². The molecule has 1 rings (SSSR count). The molecule has 0 saturated heterocycles. The van der Waals surface area contributed by atoms with E-state index in [1.165, 1.54) is 17.5 Å². The topological polar surface area (TPSA) is 59.2 Å². The third kappa shape index (κ3) is 1.39. The summed E-state index contributed by atoms with van der Waals surface area (Å²) in [6.07, 6.45) is 1.52. The molecule has 54 valence electrons. The van der Waals surface area contributed by atoms with Crippen molar-refractivity contribution in [2.75, 3.05) is 4.31 Å². The van der Waals surface area contributed by atoms with Crippen LogP contribution in [0.1, 0.15) is 0 Å². The molecule has 0 fully saturated rings. The highest BCUT2D eigenvalue weighted by Crippen LogP contribution is 2.19. The first kappa shape index (κ1) is 7.36. The van der Waals surface area contributed by atoms with Gasteiger partial charge in [0.1, 0.15) is 5.00 Å². The number of hydrogen-bond donors (Lipinski definition) is 2. The Labute approximate surface area is 67.2 Å². The van der Waals surface area contributed by atoms with Crippen LogP contribution in [0.5, 0.6) is 0 Å². The molecule has 0 aliphatic heterocycles. The van der Waals surface area contributed by atoms with Crippen LogP contribution in [0, 0.1) is 0 Å². The molecule has 4 nitrogen and oxygen atoms in total. The summed E-state index contributed by atoms with van der Waals surface area (Å²) in [5.74, 6) is 0. The molecule has 6 heteroatoms. The van der Waals surface area contributed by atoms with Crippen molar-refractivity contribution in [2.24, 2.45) is 5.73 Å². The van der Waals surface area contributed by atoms with Crippen LogP contribution in [0.4, 0.5) is 9.80 Å². The van der Waals surface area contributed by atoms with Crippen molar-refractivity contribution in [1.29, 1.82) is 0 Å². The molecular formula is C4H5N3OS2. The Morgan fingerprint density at radius 2 is 2.60 bits per heavy atom. The van der Waals surface area contributed by atoms with Gasteiger partial charge in [0.2, 0.25) is 0 Å². The van der Waals surface area contributed by atoms with Gasteiger partial charge in [-0.25, -0.2) is 9.10 Å². The number of carbonyl (C=O) groups is 1. The molecule has 2 N–H and O–H groups in total. The van der Waals surface area contributed by atoms with Gasteiger partial charge in [0.05, 0.1) is 11.7 Å². The number of primary amides is 1. The van der Waals surface area contributed by atoms with Gasteiger partial charge in [-0.3, -0.25) is 4.98 Å². The van der Waals surface area contributed by atoms with E-state index in [4.69, 9.17) is 5.73 Å². The smallest absolute Gasteiger partial charge is 0.330 e. The third-order valence-electron chi connectivity index (χ3n) is 0.837. The van der Waals surface area contributed by atoms with Crippen molar-refractivity contribution in [1.82, 2.24) is 4.98 Å². The summed E-state index contributed by atoms with van der Waals surface area (Å²) in [5.41, 5.74) is 6.52. The minimum atomic E-state index is -0.604. The third-order valence-corrected chi connectivity index (χ3v) is 2.14. The molecule has 2 amide bonds. The molecule has 10 heavy (non-hydrogen) atoms. The summed E-state index contributed by atoms with van der Waals surface area (Å²) in [6.45, 7) is 0. The second kappa shape index (κ2) is 2.89. The number of thiazole rings is 1. The van der Waals surface area contributed by atoms with Gasteiger partial charge < -0.3 is 5.73 Å². The van der Waals surface area contributed by atoms with Gasteiger partial charge in [-0.2, -0.15) is 0 Å². The van der Waals surface area contributed by atoms with Gasteiger partial charge in [0, 0.05) is 0 Å². The number of anilines is 1. The summed E-state index contributed by atoms with van der Waals surface area (Å²) in [6, 6.07) is -0.604. The lowest BCUT2D eigenvalue weighted by atomic mass is 10.8. The lowest BCUT2D eigenvalue weighted by Crippen LogP contribution is -2.26. The van der Waals surface area contributed by atoms with E-state index < -0.39 is 6.03 Å². The average Bonchev–Trinajstić information content (AvgIpc) is 2.36. The predicted octanol–water partition coefficient (Wildman–Crippen LogP) is 0.873. The summed E-state index contributed by atoms with van der Waals surface area (Å²) >= 11 is 5.11. The van der Waals surface area contributed by atoms with Crippen LogP contribution in [-0.2, 0) is 0 Å². The standard InChI is InChI=1S/C4H5N3OS2/c5-4(8)7(9)3-1-6-2-10-3/h1-2,9H,(H2,5,8). The van der Waals surface area contributed by atoms with Gasteiger partial charge >= 0.3 is 6.03 Å². The van der Waals surface area contributed by atoms with Crippen molar-refractivity contribution >= 4 is 35.2 Å². The Morgan fingerprint density at radius 1 is 1.90 bits per heavy atom. The Kier molecular flexibility index (Phi) is 2.13. The van der Waals surface area contributed by atoms with E-state index >= 15 is 0 Å². The quantitative estimate of drug-likeness (QED) is 0.622. The molecule has 0 bridgehead atoms. The Balaban J connectivity index is 2.77. The number of thiol groups is 1. The van der Waals surface area contributed by atoms with Crippen LogP contribution in [0.3, 0.4) is 0 Å². The lowest BCUT2D eigenvalue weighted by Gasteiger charge is -2.06. The second-order valence-corrected chi connectivity index (χ2v) is 2.75. The largest absolute Gasteiger partial charge is 0.350 e. The predicted molar refractivity (Wildman–Crippen MR) is 43.2 cm³/mol. The highest BCUT2D eigenvalue weighted by Gasteiger charge is 2.07. The molecule has 0 atom stereocenters. The SMILES string of the molecule is NC(=O)N(S)c1cncs1. The minimum Gasteiger partial charge on any atom is -0.350 e. The number of aromatic nitrogens is 1. The fourth-order valence-electron chi connectivity index (χ4n) is 0.422. The molecule has 0 radical (unpaired) electrons. The van der Waals surface area contributed by atoms with Crippen LogP contribution in [0.25, 0.3) is 0 Å². The molecular weight excluding hydrogens is 170 g/mol. The maximum atomic E-state index is 10.4. The normalized spacial score (nSPS) is 9.30. The minimum absolute atomic E-state index is 0.604. The van der Waals surface area contributed by atoms with Gasteiger partial charge in [-0.05, 0) is 0 Å². The first-order chi connectivity index (χ1) is 4.72. The van der Waals surface area contributed by atoms with E-state index in [0.717, 1.165) is 4.31 Å². The Bertz CT molecular complexity index is 222. The van der Waals surface area contributed by atoms with Gasteiger partial charge in [0.25, 0.3) is 0 Å². The molecule has 0 saturated carbocycles. The van der Waals surface area contributed by atoms with E-state index in [1.807, 2.05) is 0 Å². The van der Waals surface area contributed by atoms with Crippen molar-refractivity contribution in [3.63, 3.8) is 0 Å². The zero-order chi connectivity index (χ0) is 7.56. The van der Waals surface area contributed by atoms with Crippen LogP contribution in [0.15, 0.2) is 11.7 Å². The molecule has 0 aliphatic rings. The van der Waals surface area contributed by atoms with E-state index in [2.05, 4.69) is 17.8 Å². The summed E-state index contributed by atoms with van der Waals surface area (Å²) < 4.78 is 1.04. The Hall–Kier alpha value is -0.750. The van der Waals surface area contributed by atoms with E-state index in [0.29, 0.717) is 5.00 Å². The highest BCUT2D eigenvalue weighted by atomic mass is 32.1. The van der Waals surface area contributed by atoms with Crippen LogP contribution >= 0.6 is 24.2 Å². The van der Waals surface area contributed by atoms with E-state index in [1.54, 1.807) is 5.51 Å². The Morgan fingerprint density at radius 3 is 3.00 bits per heavy atom. The molecule has 1 aromatic heterocycles. The summed E-state index contributed by atoms with van der Waals surface area (Å²) in [7, 11) is 0. The lowest BCUT2D eigenvalue weighted by molar-refractivity contribution is 0.257. The number of nitrogens with two attached hydrogens (primary N) is 1. The van der Waals surface area contributed by atoms with Gasteiger partial charge in [-0.15, -0.1) is 11.3 Å². The molecule has 0 spiro atoms. The van der Waals surface area contributed by atoms with Crippen LogP contribution in [0.2, 0.25) is 0 Å². The zero-order valence-corrected chi connectivity index (χ0v) is 6.60. The number of urea groups is 1. The zero-order valence-electron chi connectivity index (χ0n) is 4.89. The van der Waals surface area contributed by atoms with Crippen molar-refractivity contribution in [3.05, 3.63) is 11.7 Å². The van der Waals surface area contributed by atoms with Crippen molar-refractivity contribution in [2.45, 2.75) is 0 Å². The number of rotatable bonds is 1. The fourth-order valence-corrected chi connectivity index (χ4v) is 1.16.